The molecule has 0 atom stereocenters. The summed E-state index contributed by atoms with van der Waals surface area (Å²) in [6.07, 6.45) is 3.11. The lowest BCUT2D eigenvalue weighted by molar-refractivity contribution is 0.102. The van der Waals surface area contributed by atoms with Crippen molar-refractivity contribution in [2.24, 2.45) is 0 Å². The first-order chi connectivity index (χ1) is 13.9. The number of nitrogens with zero attached hydrogens (tertiary/aromatic N) is 4. The molecule has 0 aliphatic rings. The summed E-state index contributed by atoms with van der Waals surface area (Å²) < 4.78 is 28.4. The largest absolute Gasteiger partial charge is 0.322 e. The van der Waals surface area contributed by atoms with Crippen molar-refractivity contribution < 1.29 is 13.2 Å². The third-order valence-electron chi connectivity index (χ3n) is 4.46. The van der Waals surface area contributed by atoms with Crippen LogP contribution < -0.4 is 5.32 Å². The lowest BCUT2D eigenvalue weighted by atomic mass is 10.2. The predicted molar refractivity (Wildman–Crippen MR) is 110 cm³/mol. The number of carbonyl (C=O) groups is 1. The Morgan fingerprint density at radius 1 is 1.10 bits per heavy atom. The molecule has 0 aliphatic heterocycles. The van der Waals surface area contributed by atoms with Gasteiger partial charge in [0.05, 0.1) is 11.4 Å². The quantitative estimate of drug-likeness (QED) is 0.612. The highest BCUT2D eigenvalue weighted by atomic mass is 32.2. The smallest absolute Gasteiger partial charge is 0.255 e. The van der Waals surface area contributed by atoms with Gasteiger partial charge in [0.15, 0.2) is 0 Å². The fourth-order valence-corrected chi connectivity index (χ4v) is 4.41. The van der Waals surface area contributed by atoms with Crippen molar-refractivity contribution in [3.05, 3.63) is 72.3 Å². The fourth-order valence-electron chi connectivity index (χ4n) is 2.91. The Balaban J connectivity index is 1.72. The van der Waals surface area contributed by atoms with E-state index in [1.165, 1.54) is 22.8 Å². The van der Waals surface area contributed by atoms with Gasteiger partial charge >= 0.3 is 0 Å². The zero-order valence-corrected chi connectivity index (χ0v) is 17.1. The van der Waals surface area contributed by atoms with Gasteiger partial charge in [-0.1, -0.05) is 32.0 Å². The van der Waals surface area contributed by atoms with Crippen molar-refractivity contribution in [1.29, 1.82) is 0 Å². The molecule has 0 unspecified atom stereocenters. The van der Waals surface area contributed by atoms with E-state index in [9.17, 15) is 13.2 Å². The topological polar surface area (TPSA) is 97.2 Å². The molecule has 1 amide bonds. The molecule has 0 saturated carbocycles. The molecule has 0 bridgehead atoms. The molecule has 3 aromatic rings. The van der Waals surface area contributed by atoms with Crippen LogP contribution in [0, 0.1) is 0 Å². The molecular weight excluding hydrogens is 390 g/mol. The summed E-state index contributed by atoms with van der Waals surface area (Å²) in [5, 5.41) is 6.86. The van der Waals surface area contributed by atoms with Crippen molar-refractivity contribution >= 4 is 21.6 Å². The number of nitrogens with one attached hydrogen (secondary N) is 1. The number of amides is 1. The summed E-state index contributed by atoms with van der Waals surface area (Å²) in [5.74, 6) is -0.370. The number of anilines is 1. The number of hydrogen-bond donors (Lipinski definition) is 1. The molecule has 1 N–H and O–H groups in total. The molecule has 0 fully saturated rings. The van der Waals surface area contributed by atoms with Crippen LogP contribution in [-0.2, 0) is 16.6 Å². The minimum absolute atomic E-state index is 0.108. The lowest BCUT2D eigenvalue weighted by Crippen LogP contribution is -2.30. The SMILES string of the molecule is CCN(CC)S(=O)(=O)c1cccc(C(=O)Nc2ccc(Cn3cncn3)cc2)c1. The summed E-state index contributed by atoms with van der Waals surface area (Å²) in [5.41, 5.74) is 1.92. The van der Waals surface area contributed by atoms with Crippen molar-refractivity contribution in [3.8, 4) is 0 Å². The zero-order valence-electron chi connectivity index (χ0n) is 16.3. The number of benzene rings is 2. The van der Waals surface area contributed by atoms with E-state index in [4.69, 9.17) is 0 Å². The Bertz CT molecular complexity index is 1060. The average Bonchev–Trinajstić information content (AvgIpc) is 3.23. The highest BCUT2D eigenvalue weighted by molar-refractivity contribution is 7.89. The summed E-state index contributed by atoms with van der Waals surface area (Å²) >= 11 is 0. The van der Waals surface area contributed by atoms with Crippen molar-refractivity contribution in [2.45, 2.75) is 25.3 Å². The van der Waals surface area contributed by atoms with Crippen LogP contribution in [0.2, 0.25) is 0 Å². The molecule has 0 saturated heterocycles. The van der Waals surface area contributed by atoms with E-state index in [0.717, 1.165) is 5.56 Å². The maximum absolute atomic E-state index is 12.7. The monoisotopic (exact) mass is 413 g/mol. The first-order valence-corrected chi connectivity index (χ1v) is 10.7. The van der Waals surface area contributed by atoms with E-state index in [2.05, 4.69) is 15.4 Å². The first kappa shape index (κ1) is 20.7. The van der Waals surface area contributed by atoms with Gasteiger partial charge in [-0.05, 0) is 35.9 Å². The Hall–Kier alpha value is -3.04. The van der Waals surface area contributed by atoms with Crippen LogP contribution in [0.3, 0.4) is 0 Å². The molecule has 152 valence electrons. The van der Waals surface area contributed by atoms with E-state index in [1.54, 1.807) is 49.1 Å². The minimum atomic E-state index is -3.62. The lowest BCUT2D eigenvalue weighted by Gasteiger charge is -2.18. The Kier molecular flexibility index (Phi) is 6.40. The summed E-state index contributed by atoms with van der Waals surface area (Å²) in [6, 6.07) is 13.4. The standard InChI is InChI=1S/C20H23N5O3S/c1-3-25(4-2)29(27,28)19-7-5-6-17(12-19)20(26)23-18-10-8-16(9-11-18)13-24-15-21-14-22-24/h5-12,14-15H,3-4,13H2,1-2H3,(H,23,26). The summed E-state index contributed by atoms with van der Waals surface area (Å²) in [4.78, 5) is 16.6. The van der Waals surface area contributed by atoms with Crippen LogP contribution in [0.25, 0.3) is 0 Å². The van der Waals surface area contributed by atoms with Crippen LogP contribution in [0.1, 0.15) is 29.8 Å². The Morgan fingerprint density at radius 2 is 1.83 bits per heavy atom. The molecule has 9 heteroatoms. The molecule has 1 aromatic heterocycles. The van der Waals surface area contributed by atoms with Crippen molar-refractivity contribution in [1.82, 2.24) is 19.1 Å². The zero-order chi connectivity index (χ0) is 20.9. The number of sulfonamides is 1. The van der Waals surface area contributed by atoms with Gasteiger partial charge in [0, 0.05) is 24.3 Å². The second-order valence-electron chi connectivity index (χ2n) is 6.36. The van der Waals surface area contributed by atoms with E-state index < -0.39 is 10.0 Å². The van der Waals surface area contributed by atoms with E-state index >= 15 is 0 Å². The predicted octanol–water partition coefficient (Wildman–Crippen LogP) is 2.61. The van der Waals surface area contributed by atoms with Gasteiger partial charge in [-0.25, -0.2) is 18.1 Å². The normalized spacial score (nSPS) is 11.6. The van der Waals surface area contributed by atoms with Crippen molar-refractivity contribution in [2.75, 3.05) is 18.4 Å². The van der Waals surface area contributed by atoms with Gasteiger partial charge in [-0.15, -0.1) is 0 Å². The van der Waals surface area contributed by atoms with Crippen LogP contribution in [0.5, 0.6) is 0 Å². The molecule has 2 aromatic carbocycles. The second-order valence-corrected chi connectivity index (χ2v) is 8.30. The van der Waals surface area contributed by atoms with Crippen LogP contribution in [0.15, 0.2) is 66.1 Å². The highest BCUT2D eigenvalue weighted by Crippen LogP contribution is 2.18. The average molecular weight is 414 g/mol. The number of rotatable bonds is 8. The highest BCUT2D eigenvalue weighted by Gasteiger charge is 2.22. The molecule has 0 radical (unpaired) electrons. The van der Waals surface area contributed by atoms with Crippen LogP contribution in [0.4, 0.5) is 5.69 Å². The van der Waals surface area contributed by atoms with E-state index in [0.29, 0.717) is 25.3 Å². The molecular formula is C20H23N5O3S. The maximum Gasteiger partial charge on any atom is 0.255 e. The van der Waals surface area contributed by atoms with E-state index in [1.807, 2.05) is 12.1 Å². The van der Waals surface area contributed by atoms with Gasteiger partial charge in [0.25, 0.3) is 5.91 Å². The van der Waals surface area contributed by atoms with Crippen molar-refractivity contribution in [3.63, 3.8) is 0 Å². The third-order valence-corrected chi connectivity index (χ3v) is 6.51. The summed E-state index contributed by atoms with van der Waals surface area (Å²) in [6.45, 7) is 4.89. The van der Waals surface area contributed by atoms with Crippen LogP contribution in [-0.4, -0.2) is 46.5 Å². The Labute approximate surface area is 170 Å². The molecule has 1 heterocycles. The van der Waals surface area contributed by atoms with E-state index in [-0.39, 0.29) is 16.4 Å². The van der Waals surface area contributed by atoms with Gasteiger partial charge in [-0.3, -0.25) is 4.79 Å². The van der Waals surface area contributed by atoms with Gasteiger partial charge in [-0.2, -0.15) is 9.40 Å². The molecule has 0 aliphatic carbocycles. The van der Waals surface area contributed by atoms with Gasteiger partial charge in [0.1, 0.15) is 12.7 Å². The fraction of sp³-hybridized carbons (Fsp3) is 0.250. The van der Waals surface area contributed by atoms with Gasteiger partial charge in [0.2, 0.25) is 10.0 Å². The second kappa shape index (κ2) is 8.97. The minimum Gasteiger partial charge on any atom is -0.322 e. The van der Waals surface area contributed by atoms with Gasteiger partial charge < -0.3 is 5.32 Å². The number of aromatic nitrogens is 3. The molecule has 0 spiro atoms. The molecule has 8 nitrogen and oxygen atoms in total. The Morgan fingerprint density at radius 3 is 2.45 bits per heavy atom. The molecule has 29 heavy (non-hydrogen) atoms. The maximum atomic E-state index is 12.7. The van der Waals surface area contributed by atoms with Crippen LogP contribution >= 0.6 is 0 Å². The third kappa shape index (κ3) is 4.87. The summed E-state index contributed by atoms with van der Waals surface area (Å²) in [7, 11) is -3.62. The number of carbonyl (C=O) groups excluding carboxylic acids is 1. The number of hydrogen-bond acceptors (Lipinski definition) is 5. The first-order valence-electron chi connectivity index (χ1n) is 9.27. The molecule has 3 rings (SSSR count).